The molecular formula is C19H31N5O2. The van der Waals surface area contributed by atoms with Gasteiger partial charge in [-0.3, -0.25) is 4.79 Å². The lowest BCUT2D eigenvalue weighted by molar-refractivity contribution is 0.0700. The number of rotatable bonds is 7. The van der Waals surface area contributed by atoms with E-state index < -0.39 is 0 Å². The summed E-state index contributed by atoms with van der Waals surface area (Å²) in [5.74, 6) is 1.53. The van der Waals surface area contributed by atoms with Crippen molar-refractivity contribution in [3.05, 3.63) is 17.1 Å². The topological polar surface area (TPSA) is 72.8 Å². The Kier molecular flexibility index (Phi) is 5.77. The average Bonchev–Trinajstić information content (AvgIpc) is 3.28. The summed E-state index contributed by atoms with van der Waals surface area (Å²) in [6, 6.07) is 0.504. The highest BCUT2D eigenvalue weighted by Crippen LogP contribution is 2.30. The number of aryl methyl sites for hydroxylation is 1. The summed E-state index contributed by atoms with van der Waals surface area (Å²) in [5.41, 5.74) is 1.89. The first-order chi connectivity index (χ1) is 12.4. The maximum atomic E-state index is 13.0. The Labute approximate surface area is 156 Å². The number of aliphatic hydroxyl groups excluding tert-OH is 1. The van der Waals surface area contributed by atoms with Crippen LogP contribution in [-0.4, -0.2) is 83.7 Å². The number of likely N-dealkylation sites (N-methyl/N-ethyl adjacent to an activating group) is 1. The quantitative estimate of drug-likeness (QED) is 0.783. The van der Waals surface area contributed by atoms with Gasteiger partial charge in [0, 0.05) is 43.5 Å². The molecule has 2 aliphatic rings. The zero-order valence-electron chi connectivity index (χ0n) is 16.4. The second kappa shape index (κ2) is 7.88. The largest absolute Gasteiger partial charge is 0.395 e. The molecule has 1 aromatic heterocycles. The smallest absolute Gasteiger partial charge is 0.291 e. The number of amides is 1. The predicted molar refractivity (Wildman–Crippen MR) is 102 cm³/mol. The monoisotopic (exact) mass is 361 g/mol. The van der Waals surface area contributed by atoms with Crippen LogP contribution < -0.4 is 4.90 Å². The molecule has 0 aromatic carbocycles. The fourth-order valence-corrected chi connectivity index (χ4v) is 3.52. The van der Waals surface area contributed by atoms with E-state index in [-0.39, 0.29) is 18.3 Å². The predicted octanol–water partition coefficient (Wildman–Crippen LogP) is 1.08. The highest BCUT2D eigenvalue weighted by Gasteiger charge is 2.30. The molecule has 1 aliphatic carbocycles. The molecule has 1 saturated heterocycles. The maximum Gasteiger partial charge on any atom is 0.291 e. The fourth-order valence-electron chi connectivity index (χ4n) is 3.52. The number of nitrogens with zero attached hydrogens (tertiary/aromatic N) is 5. The molecule has 1 amide bonds. The van der Waals surface area contributed by atoms with Crippen molar-refractivity contribution in [3.8, 4) is 0 Å². The highest BCUT2D eigenvalue weighted by atomic mass is 16.3. The second-order valence-electron chi connectivity index (χ2n) is 7.85. The Bertz CT molecular complexity index is 660. The molecule has 1 aromatic rings. The molecular weight excluding hydrogens is 330 g/mol. The molecule has 0 bridgehead atoms. The van der Waals surface area contributed by atoms with Gasteiger partial charge in [0.25, 0.3) is 5.91 Å². The molecule has 1 atom stereocenters. The van der Waals surface area contributed by atoms with Crippen molar-refractivity contribution in [1.82, 2.24) is 19.8 Å². The summed E-state index contributed by atoms with van der Waals surface area (Å²) in [6.45, 7) is 6.82. The van der Waals surface area contributed by atoms with E-state index in [0.29, 0.717) is 25.0 Å². The van der Waals surface area contributed by atoms with Crippen molar-refractivity contribution in [2.75, 3.05) is 51.8 Å². The van der Waals surface area contributed by atoms with Gasteiger partial charge >= 0.3 is 0 Å². The Morgan fingerprint density at radius 1 is 1.23 bits per heavy atom. The van der Waals surface area contributed by atoms with Crippen molar-refractivity contribution in [1.29, 1.82) is 0 Å². The van der Waals surface area contributed by atoms with Crippen LogP contribution >= 0.6 is 0 Å². The Balaban J connectivity index is 1.83. The lowest BCUT2D eigenvalue weighted by atomic mass is 10.2. The fraction of sp³-hybridized carbons (Fsp3) is 0.737. The van der Waals surface area contributed by atoms with Crippen molar-refractivity contribution in [3.63, 3.8) is 0 Å². The highest BCUT2D eigenvalue weighted by molar-refractivity contribution is 5.91. The third-order valence-electron chi connectivity index (χ3n) is 5.58. The molecule has 0 radical (unpaired) electrons. The third-order valence-corrected chi connectivity index (χ3v) is 5.58. The van der Waals surface area contributed by atoms with Crippen molar-refractivity contribution >= 4 is 11.7 Å². The van der Waals surface area contributed by atoms with Gasteiger partial charge in [0.2, 0.25) is 5.82 Å². The minimum atomic E-state index is -0.168. The first kappa shape index (κ1) is 19.0. The van der Waals surface area contributed by atoms with Gasteiger partial charge in [0.15, 0.2) is 0 Å². The van der Waals surface area contributed by atoms with E-state index in [4.69, 9.17) is 0 Å². The molecule has 26 heavy (non-hydrogen) atoms. The summed E-state index contributed by atoms with van der Waals surface area (Å²) in [6.07, 6.45) is 3.42. The molecule has 3 rings (SSSR count). The van der Waals surface area contributed by atoms with Crippen molar-refractivity contribution in [2.45, 2.75) is 39.2 Å². The number of hydrogen-bond donors (Lipinski definition) is 1. The second-order valence-corrected chi connectivity index (χ2v) is 7.85. The van der Waals surface area contributed by atoms with Crippen LogP contribution in [0, 0.1) is 19.8 Å². The molecule has 0 spiro atoms. The van der Waals surface area contributed by atoms with Crippen LogP contribution in [0.1, 0.15) is 41.1 Å². The van der Waals surface area contributed by atoms with Crippen LogP contribution in [0.3, 0.4) is 0 Å². The first-order valence-electron chi connectivity index (χ1n) is 9.57. The third kappa shape index (κ3) is 4.15. The van der Waals surface area contributed by atoms with Crippen LogP contribution in [0.15, 0.2) is 0 Å². The molecule has 0 unspecified atom stereocenters. The Morgan fingerprint density at radius 3 is 2.54 bits per heavy atom. The lowest BCUT2D eigenvalue weighted by Crippen LogP contribution is -2.37. The maximum absolute atomic E-state index is 13.0. The van der Waals surface area contributed by atoms with E-state index in [9.17, 15) is 9.90 Å². The minimum Gasteiger partial charge on any atom is -0.395 e. The summed E-state index contributed by atoms with van der Waals surface area (Å²) in [5, 5.41) is 9.33. The van der Waals surface area contributed by atoms with Crippen LogP contribution in [0.25, 0.3) is 0 Å². The van der Waals surface area contributed by atoms with E-state index in [2.05, 4.69) is 33.9 Å². The zero-order chi connectivity index (χ0) is 18.8. The Morgan fingerprint density at radius 2 is 1.96 bits per heavy atom. The van der Waals surface area contributed by atoms with Gasteiger partial charge < -0.3 is 19.8 Å². The van der Waals surface area contributed by atoms with Gasteiger partial charge in [0.1, 0.15) is 5.82 Å². The van der Waals surface area contributed by atoms with Crippen molar-refractivity contribution in [2.24, 2.45) is 5.92 Å². The number of anilines is 1. The number of hydrogen-bond acceptors (Lipinski definition) is 6. The van der Waals surface area contributed by atoms with Gasteiger partial charge in [0.05, 0.1) is 6.61 Å². The Hall–Kier alpha value is -1.73. The number of carbonyl (C=O) groups excluding carboxylic acids is 1. The molecule has 1 aliphatic heterocycles. The first-order valence-corrected chi connectivity index (χ1v) is 9.57. The number of carbonyl (C=O) groups is 1. The van der Waals surface area contributed by atoms with Gasteiger partial charge in [-0.1, -0.05) is 0 Å². The van der Waals surface area contributed by atoms with E-state index in [1.165, 1.54) is 0 Å². The molecule has 2 fully saturated rings. The average molecular weight is 361 g/mol. The molecule has 144 valence electrons. The number of aromatic nitrogens is 2. The van der Waals surface area contributed by atoms with Gasteiger partial charge in [-0.15, -0.1) is 0 Å². The van der Waals surface area contributed by atoms with Gasteiger partial charge in [-0.2, -0.15) is 0 Å². The normalized spacial score (nSPS) is 20.1. The zero-order valence-corrected chi connectivity index (χ0v) is 16.4. The SMILES string of the molecule is Cc1nc(C(=O)N(CCO)CC2CC2)nc(N2CC[C@@H](N(C)C)C2)c1C. The van der Waals surface area contributed by atoms with Crippen LogP contribution in [-0.2, 0) is 0 Å². The van der Waals surface area contributed by atoms with E-state index in [1.807, 2.05) is 13.8 Å². The van der Waals surface area contributed by atoms with Crippen LogP contribution in [0.5, 0.6) is 0 Å². The molecule has 7 heteroatoms. The molecule has 2 heterocycles. The minimum absolute atomic E-state index is 0.0349. The molecule has 1 saturated carbocycles. The summed E-state index contributed by atoms with van der Waals surface area (Å²) < 4.78 is 0. The molecule has 7 nitrogen and oxygen atoms in total. The van der Waals surface area contributed by atoms with E-state index in [0.717, 1.165) is 49.4 Å². The van der Waals surface area contributed by atoms with Crippen LogP contribution in [0.4, 0.5) is 5.82 Å². The number of aliphatic hydroxyl groups is 1. The lowest BCUT2D eigenvalue weighted by Gasteiger charge is -2.25. The van der Waals surface area contributed by atoms with Gasteiger partial charge in [-0.25, -0.2) is 9.97 Å². The summed E-state index contributed by atoms with van der Waals surface area (Å²) in [4.78, 5) is 28.3. The molecule has 1 N–H and O–H groups in total. The van der Waals surface area contributed by atoms with E-state index >= 15 is 0 Å². The van der Waals surface area contributed by atoms with Crippen molar-refractivity contribution < 1.29 is 9.90 Å². The summed E-state index contributed by atoms with van der Waals surface area (Å²) in [7, 11) is 4.21. The summed E-state index contributed by atoms with van der Waals surface area (Å²) >= 11 is 0. The standard InChI is InChI=1S/C19H31N5O2/c1-13-14(2)20-17(19(26)24(9-10-25)11-15-5-6-15)21-18(13)23-8-7-16(12-23)22(3)4/h15-16,25H,5-12H2,1-4H3/t16-/m1/s1. The van der Waals surface area contributed by atoms with Gasteiger partial charge in [-0.05, 0) is 53.1 Å². The van der Waals surface area contributed by atoms with E-state index in [1.54, 1.807) is 4.90 Å². The van der Waals surface area contributed by atoms with Crippen LogP contribution in [0.2, 0.25) is 0 Å².